The van der Waals surface area contributed by atoms with Crippen LogP contribution in [0.25, 0.3) is 0 Å². The van der Waals surface area contributed by atoms with Crippen molar-refractivity contribution in [2.75, 3.05) is 17.2 Å². The average Bonchev–Trinajstić information content (AvgIpc) is 3.54. The summed E-state index contributed by atoms with van der Waals surface area (Å²) in [6, 6.07) is 1.83. The first-order chi connectivity index (χ1) is 17.3. The average molecular weight is 523 g/mol. The summed E-state index contributed by atoms with van der Waals surface area (Å²) in [5.41, 5.74) is 1.03. The third-order valence-corrected chi connectivity index (χ3v) is 7.64. The number of thiophene rings is 1. The molecule has 36 heavy (non-hydrogen) atoms. The van der Waals surface area contributed by atoms with Gasteiger partial charge in [0.2, 0.25) is 0 Å². The molecule has 12 heteroatoms. The van der Waals surface area contributed by atoms with E-state index in [9.17, 15) is 22.8 Å². The maximum atomic E-state index is 13.9. The largest absolute Gasteiger partial charge is 0.467 e. The molecule has 1 amide bonds. The molecule has 0 unspecified atom stereocenters. The van der Waals surface area contributed by atoms with E-state index >= 15 is 0 Å². The zero-order valence-electron chi connectivity index (χ0n) is 19.5. The minimum Gasteiger partial charge on any atom is -0.467 e. The van der Waals surface area contributed by atoms with E-state index in [1.165, 1.54) is 23.7 Å². The minimum absolute atomic E-state index is 0.0581. The maximum absolute atomic E-state index is 13.9. The number of anilines is 2. The summed E-state index contributed by atoms with van der Waals surface area (Å²) in [5.74, 6) is -0.794. The van der Waals surface area contributed by atoms with Crippen molar-refractivity contribution < 1.29 is 31.9 Å². The van der Waals surface area contributed by atoms with Crippen molar-refractivity contribution in [3.63, 3.8) is 0 Å². The van der Waals surface area contributed by atoms with Gasteiger partial charge >= 0.3 is 12.1 Å². The van der Waals surface area contributed by atoms with Crippen LogP contribution >= 0.6 is 11.3 Å². The molecule has 0 saturated carbocycles. The molecule has 3 aromatic rings. The Morgan fingerprint density at radius 1 is 1.31 bits per heavy atom. The van der Waals surface area contributed by atoms with Crippen molar-refractivity contribution in [3.8, 4) is 0 Å². The van der Waals surface area contributed by atoms with Gasteiger partial charge in [-0.2, -0.15) is 18.3 Å². The summed E-state index contributed by atoms with van der Waals surface area (Å²) in [7, 11) is 0. The van der Waals surface area contributed by atoms with Crippen LogP contribution in [0, 0.1) is 0 Å². The number of hydrogen-bond acceptors (Lipinski definition) is 7. The normalized spacial score (nSPS) is 19.6. The molecule has 0 fully saturated rings. The Labute approximate surface area is 208 Å². The van der Waals surface area contributed by atoms with Gasteiger partial charge in [0.05, 0.1) is 24.5 Å². The third-order valence-electron chi connectivity index (χ3n) is 6.44. The molecule has 2 N–H and O–H groups in total. The molecule has 8 nitrogen and oxygen atoms in total. The molecular formula is C24H25F3N4O4S. The van der Waals surface area contributed by atoms with Crippen molar-refractivity contribution in [1.29, 1.82) is 0 Å². The minimum atomic E-state index is -4.58. The zero-order valence-corrected chi connectivity index (χ0v) is 20.3. The Bertz CT molecular complexity index is 1270. The molecule has 0 radical (unpaired) electrons. The Morgan fingerprint density at radius 2 is 2.11 bits per heavy atom. The van der Waals surface area contributed by atoms with E-state index < -0.39 is 30.1 Å². The predicted octanol–water partition coefficient (Wildman–Crippen LogP) is 5.90. The van der Waals surface area contributed by atoms with Gasteiger partial charge in [-0.25, -0.2) is 9.48 Å². The third kappa shape index (κ3) is 4.61. The molecule has 5 rings (SSSR count). The monoisotopic (exact) mass is 522 g/mol. The number of ether oxygens (including phenoxy) is 1. The first-order valence-corrected chi connectivity index (χ1v) is 12.7. The number of fused-ring (bicyclic) bond motifs is 2. The molecule has 0 aromatic carbocycles. The van der Waals surface area contributed by atoms with Gasteiger partial charge in [-0.1, -0.05) is 6.42 Å². The SMILES string of the molecule is CCOC(=O)c1c(NC(=O)c2cc3n(n2)[C@H](C(F)(F)F)C[C@H](c2ccco2)N3)sc2c1CCCCC2. The summed E-state index contributed by atoms with van der Waals surface area (Å²) >= 11 is 1.32. The number of nitrogens with zero attached hydrogens (tertiary/aromatic N) is 2. The Morgan fingerprint density at radius 3 is 2.83 bits per heavy atom. The quantitative estimate of drug-likeness (QED) is 0.320. The van der Waals surface area contributed by atoms with Crippen LogP contribution in [0.3, 0.4) is 0 Å². The number of aromatic nitrogens is 2. The molecule has 2 atom stereocenters. The molecule has 2 aliphatic rings. The smallest absolute Gasteiger partial charge is 0.410 e. The molecule has 192 valence electrons. The number of rotatable bonds is 5. The predicted molar refractivity (Wildman–Crippen MR) is 126 cm³/mol. The molecule has 4 heterocycles. The molecule has 1 aliphatic heterocycles. The van der Waals surface area contributed by atoms with E-state index in [4.69, 9.17) is 9.15 Å². The van der Waals surface area contributed by atoms with E-state index in [0.29, 0.717) is 22.7 Å². The zero-order chi connectivity index (χ0) is 25.4. The molecular weight excluding hydrogens is 497 g/mol. The van der Waals surface area contributed by atoms with Crippen LogP contribution in [0.15, 0.2) is 28.9 Å². The second-order valence-electron chi connectivity index (χ2n) is 8.81. The van der Waals surface area contributed by atoms with Gasteiger partial charge in [0.15, 0.2) is 11.7 Å². The fourth-order valence-corrected chi connectivity index (χ4v) is 6.05. The van der Waals surface area contributed by atoms with Crippen LogP contribution < -0.4 is 10.6 Å². The lowest BCUT2D eigenvalue weighted by atomic mass is 10.0. The Hall–Kier alpha value is -3.28. The summed E-state index contributed by atoms with van der Waals surface area (Å²) in [6.45, 7) is 1.89. The van der Waals surface area contributed by atoms with Crippen LogP contribution in [0.5, 0.6) is 0 Å². The molecule has 1 aliphatic carbocycles. The number of aryl methyl sites for hydroxylation is 1. The maximum Gasteiger partial charge on any atom is 0.410 e. The lowest BCUT2D eigenvalue weighted by molar-refractivity contribution is -0.174. The summed E-state index contributed by atoms with van der Waals surface area (Å²) in [5, 5.41) is 10.0. The van der Waals surface area contributed by atoms with Gasteiger partial charge in [0.25, 0.3) is 5.91 Å². The topological polar surface area (TPSA) is 98.4 Å². The number of amides is 1. The number of esters is 1. The molecule has 0 saturated heterocycles. The Kier molecular flexibility index (Phi) is 6.54. The lowest BCUT2D eigenvalue weighted by Gasteiger charge is -2.32. The van der Waals surface area contributed by atoms with Gasteiger partial charge in [-0.05, 0) is 50.3 Å². The van der Waals surface area contributed by atoms with Crippen LogP contribution in [-0.4, -0.2) is 34.4 Å². The van der Waals surface area contributed by atoms with E-state index in [0.717, 1.165) is 40.8 Å². The molecule has 0 bridgehead atoms. The second-order valence-corrected chi connectivity index (χ2v) is 9.91. The van der Waals surface area contributed by atoms with Crippen molar-refractivity contribution in [2.24, 2.45) is 0 Å². The number of hydrogen-bond donors (Lipinski definition) is 2. The van der Waals surface area contributed by atoms with Crippen molar-refractivity contribution in [1.82, 2.24) is 9.78 Å². The van der Waals surface area contributed by atoms with Crippen molar-refractivity contribution >= 4 is 34.0 Å². The highest BCUT2D eigenvalue weighted by molar-refractivity contribution is 7.17. The van der Waals surface area contributed by atoms with Gasteiger partial charge in [0, 0.05) is 17.4 Å². The highest BCUT2D eigenvalue weighted by Gasteiger charge is 2.47. The van der Waals surface area contributed by atoms with Crippen molar-refractivity contribution in [3.05, 3.63) is 51.9 Å². The van der Waals surface area contributed by atoms with Gasteiger partial charge in [0.1, 0.15) is 16.6 Å². The number of carbonyl (C=O) groups is 2. The first-order valence-electron chi connectivity index (χ1n) is 11.9. The number of halogens is 3. The van der Waals surface area contributed by atoms with E-state index in [1.807, 2.05) is 0 Å². The van der Waals surface area contributed by atoms with Crippen LogP contribution in [0.4, 0.5) is 24.0 Å². The van der Waals surface area contributed by atoms with Crippen molar-refractivity contribution in [2.45, 2.75) is 63.7 Å². The van der Waals surface area contributed by atoms with Gasteiger partial charge in [-0.15, -0.1) is 11.3 Å². The molecule has 0 spiro atoms. The lowest BCUT2D eigenvalue weighted by Crippen LogP contribution is -2.35. The number of alkyl halides is 3. The number of furan rings is 1. The van der Waals surface area contributed by atoms with Gasteiger partial charge in [-0.3, -0.25) is 4.79 Å². The number of nitrogens with one attached hydrogen (secondary N) is 2. The number of carbonyl (C=O) groups excluding carboxylic acids is 2. The van der Waals surface area contributed by atoms with Crippen LogP contribution in [0.1, 0.15) is 81.7 Å². The van der Waals surface area contributed by atoms with E-state index in [1.54, 1.807) is 19.1 Å². The summed E-state index contributed by atoms with van der Waals surface area (Å²) in [6.07, 6.45) is 0.955. The van der Waals surface area contributed by atoms with Gasteiger partial charge < -0.3 is 19.8 Å². The first kappa shape index (κ1) is 24.4. The van der Waals surface area contributed by atoms with E-state index in [-0.39, 0.29) is 24.5 Å². The Balaban J connectivity index is 1.45. The van der Waals surface area contributed by atoms with Crippen LogP contribution in [0.2, 0.25) is 0 Å². The fourth-order valence-electron chi connectivity index (χ4n) is 4.78. The summed E-state index contributed by atoms with van der Waals surface area (Å²) < 4.78 is 53.0. The highest BCUT2D eigenvalue weighted by Crippen LogP contribution is 2.44. The standard InChI is InChI=1S/C24H25F3N4O4S/c1-2-34-23(33)20-13-7-4-3-5-9-17(13)36-22(20)29-21(32)15-12-19-28-14(16-8-6-10-35-16)11-18(24(25,26)27)31(19)30-15/h6,8,10,12,14,18,28H,2-5,7,9,11H2,1H3,(H,29,32)/t14-,18+/m1/s1. The summed E-state index contributed by atoms with van der Waals surface area (Å²) in [4.78, 5) is 26.9. The van der Waals surface area contributed by atoms with E-state index in [2.05, 4.69) is 15.7 Å². The second kappa shape index (κ2) is 9.64. The molecule has 3 aromatic heterocycles. The highest BCUT2D eigenvalue weighted by atomic mass is 32.1. The fraction of sp³-hybridized carbons (Fsp3) is 0.458. The van der Waals surface area contributed by atoms with Crippen LogP contribution in [-0.2, 0) is 17.6 Å².